The zero-order valence-corrected chi connectivity index (χ0v) is 14.6. The molecule has 1 fully saturated rings. The Morgan fingerprint density at radius 2 is 1.84 bits per heavy atom. The van der Waals surface area contributed by atoms with Gasteiger partial charge in [-0.3, -0.25) is 14.4 Å². The van der Waals surface area contributed by atoms with E-state index in [2.05, 4.69) is 10.3 Å². The third-order valence-electron chi connectivity index (χ3n) is 4.99. The molecule has 1 heterocycles. The molecule has 25 heavy (non-hydrogen) atoms. The summed E-state index contributed by atoms with van der Waals surface area (Å²) in [6, 6.07) is 5.31. The number of nitrogens with zero attached hydrogens (tertiary/aromatic N) is 1. The maximum atomic E-state index is 12.6. The summed E-state index contributed by atoms with van der Waals surface area (Å²) in [5, 5.41) is 3.12. The molecule has 2 N–H and O–H groups in total. The number of aromatic amines is 1. The van der Waals surface area contributed by atoms with E-state index in [1.165, 1.54) is 23.8 Å². The summed E-state index contributed by atoms with van der Waals surface area (Å²) in [5.41, 5.74) is 0.423. The fourth-order valence-electron chi connectivity index (χ4n) is 3.60. The second kappa shape index (κ2) is 7.68. The molecule has 6 heteroatoms. The minimum absolute atomic E-state index is 0.123. The van der Waals surface area contributed by atoms with Gasteiger partial charge in [0.1, 0.15) is 0 Å². The number of nitrogens with one attached hydrogen (secondary N) is 2. The van der Waals surface area contributed by atoms with E-state index < -0.39 is 11.1 Å². The first-order valence-corrected chi connectivity index (χ1v) is 9.18. The van der Waals surface area contributed by atoms with Gasteiger partial charge in [-0.1, -0.05) is 32.1 Å². The van der Waals surface area contributed by atoms with Gasteiger partial charge in [-0.25, -0.2) is 0 Å². The highest BCUT2D eigenvalue weighted by Gasteiger charge is 2.16. The van der Waals surface area contributed by atoms with Crippen LogP contribution in [0, 0.1) is 0 Å². The highest BCUT2D eigenvalue weighted by molar-refractivity contribution is 5.97. The van der Waals surface area contributed by atoms with Crippen molar-refractivity contribution in [2.45, 2.75) is 64.5 Å². The summed E-state index contributed by atoms with van der Waals surface area (Å²) in [7, 11) is 0. The van der Waals surface area contributed by atoms with Crippen molar-refractivity contribution in [2.24, 2.45) is 0 Å². The molecule has 0 spiro atoms. The Morgan fingerprint density at radius 3 is 2.52 bits per heavy atom. The Labute approximate surface area is 146 Å². The van der Waals surface area contributed by atoms with E-state index in [0.717, 1.165) is 25.7 Å². The number of hydrogen-bond acceptors (Lipinski definition) is 3. The second-order valence-corrected chi connectivity index (χ2v) is 6.75. The lowest BCUT2D eigenvalue weighted by atomic mass is 9.96. The number of carbonyl (C=O) groups excluding carboxylic acids is 1. The molecule has 0 aliphatic heterocycles. The summed E-state index contributed by atoms with van der Waals surface area (Å²) in [6.45, 7) is 2.22. The van der Waals surface area contributed by atoms with Gasteiger partial charge in [0, 0.05) is 18.2 Å². The van der Waals surface area contributed by atoms with E-state index in [4.69, 9.17) is 0 Å². The quantitative estimate of drug-likeness (QED) is 0.840. The largest absolute Gasteiger partial charge is 0.349 e. The molecule has 0 saturated heterocycles. The van der Waals surface area contributed by atoms with Gasteiger partial charge < -0.3 is 14.9 Å². The third-order valence-corrected chi connectivity index (χ3v) is 4.99. The minimum atomic E-state index is -0.660. The van der Waals surface area contributed by atoms with Crippen LogP contribution >= 0.6 is 0 Å². The molecule has 0 radical (unpaired) electrons. The number of rotatable bonds is 3. The monoisotopic (exact) mass is 343 g/mol. The Kier molecular flexibility index (Phi) is 5.36. The van der Waals surface area contributed by atoms with Crippen LogP contribution in [0.15, 0.2) is 27.8 Å². The van der Waals surface area contributed by atoms with Crippen LogP contribution in [0.1, 0.15) is 62.2 Å². The standard InChI is InChI=1S/C19H25N3O3/c1-2-22-16-11-10-13(12-15(16)21-18(24)19(22)25)17(23)20-14-8-6-4-3-5-7-9-14/h10-12,14H,2-9H2,1H3,(H,20,23)(H,21,24). The fourth-order valence-corrected chi connectivity index (χ4v) is 3.60. The van der Waals surface area contributed by atoms with E-state index in [-0.39, 0.29) is 11.9 Å². The number of carbonyl (C=O) groups is 1. The van der Waals surface area contributed by atoms with Crippen molar-refractivity contribution in [3.8, 4) is 0 Å². The normalized spacial score (nSPS) is 16.4. The van der Waals surface area contributed by atoms with Crippen molar-refractivity contribution >= 4 is 16.9 Å². The van der Waals surface area contributed by atoms with Crippen molar-refractivity contribution in [2.75, 3.05) is 0 Å². The van der Waals surface area contributed by atoms with E-state index >= 15 is 0 Å². The zero-order chi connectivity index (χ0) is 17.8. The Hall–Kier alpha value is -2.37. The number of aromatic nitrogens is 2. The van der Waals surface area contributed by atoms with Gasteiger partial charge in [0.25, 0.3) is 5.91 Å². The van der Waals surface area contributed by atoms with Gasteiger partial charge in [-0.2, -0.15) is 0 Å². The summed E-state index contributed by atoms with van der Waals surface area (Å²) in [4.78, 5) is 38.9. The van der Waals surface area contributed by atoms with Crippen LogP contribution in [0.25, 0.3) is 11.0 Å². The summed E-state index contributed by atoms with van der Waals surface area (Å²) >= 11 is 0. The van der Waals surface area contributed by atoms with Gasteiger partial charge in [0.15, 0.2) is 0 Å². The van der Waals surface area contributed by atoms with Crippen LogP contribution in [-0.2, 0) is 6.54 Å². The number of aryl methyl sites for hydroxylation is 1. The highest BCUT2D eigenvalue weighted by Crippen LogP contribution is 2.18. The van der Waals surface area contributed by atoms with Crippen molar-refractivity contribution < 1.29 is 4.79 Å². The van der Waals surface area contributed by atoms with Crippen molar-refractivity contribution in [1.82, 2.24) is 14.9 Å². The molecular weight excluding hydrogens is 318 g/mol. The molecule has 6 nitrogen and oxygen atoms in total. The van der Waals surface area contributed by atoms with Gasteiger partial charge in [-0.05, 0) is 38.0 Å². The first-order valence-electron chi connectivity index (χ1n) is 9.18. The SMILES string of the molecule is CCn1c(=O)c(=O)[nH]c2cc(C(=O)NC3CCCCCCC3)ccc21. The molecule has 0 unspecified atom stereocenters. The molecule has 1 amide bonds. The van der Waals surface area contributed by atoms with Crippen molar-refractivity contribution in [1.29, 1.82) is 0 Å². The lowest BCUT2D eigenvalue weighted by Crippen LogP contribution is -2.36. The topological polar surface area (TPSA) is 84.0 Å². The average molecular weight is 343 g/mol. The first-order chi connectivity index (χ1) is 12.1. The molecule has 0 atom stereocenters. The maximum Gasteiger partial charge on any atom is 0.316 e. The Morgan fingerprint density at radius 1 is 1.16 bits per heavy atom. The van der Waals surface area contributed by atoms with Crippen LogP contribution < -0.4 is 16.4 Å². The van der Waals surface area contributed by atoms with Gasteiger partial charge in [0.2, 0.25) is 0 Å². The molecule has 1 aliphatic carbocycles. The van der Waals surface area contributed by atoms with Crippen LogP contribution in [0.5, 0.6) is 0 Å². The van der Waals surface area contributed by atoms with Crippen LogP contribution in [-0.4, -0.2) is 21.5 Å². The molecule has 1 aliphatic rings. The predicted molar refractivity (Wildman–Crippen MR) is 98.1 cm³/mol. The second-order valence-electron chi connectivity index (χ2n) is 6.75. The van der Waals surface area contributed by atoms with Crippen molar-refractivity contribution in [3.05, 3.63) is 44.5 Å². The predicted octanol–water partition coefficient (Wildman–Crippen LogP) is 2.55. The number of benzene rings is 1. The Balaban J connectivity index is 1.85. The van der Waals surface area contributed by atoms with Gasteiger partial charge in [0.05, 0.1) is 11.0 Å². The first kappa shape index (κ1) is 17.5. The van der Waals surface area contributed by atoms with Crippen LogP contribution in [0.4, 0.5) is 0 Å². The van der Waals surface area contributed by atoms with Crippen molar-refractivity contribution in [3.63, 3.8) is 0 Å². The molecule has 2 aromatic rings. The summed E-state index contributed by atoms with van der Waals surface area (Å²) in [5.74, 6) is -0.123. The zero-order valence-electron chi connectivity index (χ0n) is 14.6. The lowest BCUT2D eigenvalue weighted by molar-refractivity contribution is 0.0930. The summed E-state index contributed by atoms with van der Waals surface area (Å²) < 4.78 is 1.42. The smallest absolute Gasteiger partial charge is 0.316 e. The number of amides is 1. The molecule has 3 rings (SSSR count). The summed E-state index contributed by atoms with van der Waals surface area (Å²) in [6.07, 6.45) is 8.10. The molecule has 134 valence electrons. The molecule has 1 aromatic carbocycles. The highest BCUT2D eigenvalue weighted by atomic mass is 16.2. The number of hydrogen-bond donors (Lipinski definition) is 2. The van der Waals surface area contributed by atoms with Crippen LogP contribution in [0.3, 0.4) is 0 Å². The van der Waals surface area contributed by atoms with E-state index in [1.54, 1.807) is 18.2 Å². The molecule has 1 saturated carbocycles. The third kappa shape index (κ3) is 3.83. The minimum Gasteiger partial charge on any atom is -0.349 e. The molecular formula is C19H25N3O3. The fraction of sp³-hybridized carbons (Fsp3) is 0.526. The lowest BCUT2D eigenvalue weighted by Gasteiger charge is -2.21. The van der Waals surface area contributed by atoms with E-state index in [9.17, 15) is 14.4 Å². The number of fused-ring (bicyclic) bond motifs is 1. The van der Waals surface area contributed by atoms with Crippen LogP contribution in [0.2, 0.25) is 0 Å². The maximum absolute atomic E-state index is 12.6. The van der Waals surface area contributed by atoms with Gasteiger partial charge >= 0.3 is 11.1 Å². The van der Waals surface area contributed by atoms with E-state index in [0.29, 0.717) is 23.1 Å². The van der Waals surface area contributed by atoms with Gasteiger partial charge in [-0.15, -0.1) is 0 Å². The molecule has 1 aromatic heterocycles. The number of H-pyrrole nitrogens is 1. The van der Waals surface area contributed by atoms with E-state index in [1.807, 2.05) is 6.92 Å². The Bertz CT molecular complexity index is 874. The average Bonchev–Trinajstić information content (AvgIpc) is 2.58. The molecule has 0 bridgehead atoms.